The molecule has 0 radical (unpaired) electrons. The highest BCUT2D eigenvalue weighted by Crippen LogP contribution is 2.17. The van der Waals surface area contributed by atoms with Crippen LogP contribution in [0.3, 0.4) is 0 Å². The highest BCUT2D eigenvalue weighted by atomic mass is 19.3. The zero-order valence-electron chi connectivity index (χ0n) is 14.6. The third kappa shape index (κ3) is 5.74. The molecule has 0 aromatic heterocycles. The minimum Gasteiger partial charge on any atom is -0.435 e. The summed E-state index contributed by atoms with van der Waals surface area (Å²) in [5, 5.41) is 0. The highest BCUT2D eigenvalue weighted by molar-refractivity contribution is 5.78. The molecule has 2 aromatic carbocycles. The Morgan fingerprint density at radius 1 is 0.960 bits per heavy atom. The predicted molar refractivity (Wildman–Crippen MR) is 94.0 cm³/mol. The van der Waals surface area contributed by atoms with E-state index in [4.69, 9.17) is 0 Å². The number of hydrogen-bond donors (Lipinski definition) is 0. The predicted octanol–water partition coefficient (Wildman–Crippen LogP) is 3.56. The summed E-state index contributed by atoms with van der Waals surface area (Å²) in [4.78, 5) is 16.0. The largest absolute Gasteiger partial charge is 0.435 e. The van der Waals surface area contributed by atoms with Crippen LogP contribution in [-0.4, -0.2) is 38.6 Å². The zero-order valence-corrected chi connectivity index (χ0v) is 14.6. The molecule has 0 spiro atoms. The van der Waals surface area contributed by atoms with Crippen LogP contribution >= 0.6 is 0 Å². The van der Waals surface area contributed by atoms with Crippen molar-refractivity contribution in [3.8, 4) is 5.75 Å². The maximum atomic E-state index is 12.3. The molecule has 0 aliphatic heterocycles. The molecule has 25 heavy (non-hydrogen) atoms. The second-order valence-electron chi connectivity index (χ2n) is 6.01. The van der Waals surface area contributed by atoms with Crippen molar-refractivity contribution in [1.29, 1.82) is 0 Å². The number of hydrogen-bond acceptors (Lipinski definition) is 3. The summed E-state index contributed by atoms with van der Waals surface area (Å²) in [7, 11) is 5.70. The lowest BCUT2D eigenvalue weighted by atomic mass is 10.1. The lowest BCUT2D eigenvalue weighted by Crippen LogP contribution is -2.27. The number of amides is 1. The maximum Gasteiger partial charge on any atom is 0.387 e. The van der Waals surface area contributed by atoms with Crippen LogP contribution < -0.4 is 9.64 Å². The van der Waals surface area contributed by atoms with E-state index in [1.165, 1.54) is 12.1 Å². The van der Waals surface area contributed by atoms with Crippen molar-refractivity contribution in [1.82, 2.24) is 4.90 Å². The normalized spacial score (nSPS) is 10.6. The lowest BCUT2D eigenvalue weighted by Gasteiger charge is -2.18. The number of halogens is 2. The second-order valence-corrected chi connectivity index (χ2v) is 6.01. The first-order valence-corrected chi connectivity index (χ1v) is 7.89. The van der Waals surface area contributed by atoms with Crippen LogP contribution in [0.5, 0.6) is 5.75 Å². The van der Waals surface area contributed by atoms with Gasteiger partial charge in [0.15, 0.2) is 0 Å². The number of carbonyl (C=O) groups is 1. The van der Waals surface area contributed by atoms with Gasteiger partial charge in [0.25, 0.3) is 0 Å². The van der Waals surface area contributed by atoms with Gasteiger partial charge in [-0.15, -0.1) is 0 Å². The fraction of sp³-hybridized carbons (Fsp3) is 0.316. The average Bonchev–Trinajstić information content (AvgIpc) is 2.56. The van der Waals surface area contributed by atoms with E-state index in [9.17, 15) is 13.6 Å². The molecule has 0 heterocycles. The smallest absolute Gasteiger partial charge is 0.387 e. The van der Waals surface area contributed by atoms with Crippen LogP contribution in [0.2, 0.25) is 0 Å². The summed E-state index contributed by atoms with van der Waals surface area (Å²) in [6.07, 6.45) is 0.210. The summed E-state index contributed by atoms with van der Waals surface area (Å²) < 4.78 is 28.5. The van der Waals surface area contributed by atoms with E-state index in [-0.39, 0.29) is 18.1 Å². The fourth-order valence-corrected chi connectivity index (χ4v) is 2.36. The Balaban J connectivity index is 1.91. The number of nitrogens with zero attached hydrogens (tertiary/aromatic N) is 2. The van der Waals surface area contributed by atoms with Crippen molar-refractivity contribution in [2.75, 3.05) is 26.0 Å². The maximum absolute atomic E-state index is 12.3. The number of benzene rings is 2. The van der Waals surface area contributed by atoms with E-state index in [1.807, 2.05) is 43.3 Å². The quantitative estimate of drug-likeness (QED) is 0.767. The van der Waals surface area contributed by atoms with E-state index >= 15 is 0 Å². The average molecular weight is 348 g/mol. The molecule has 0 unspecified atom stereocenters. The van der Waals surface area contributed by atoms with Gasteiger partial charge in [-0.3, -0.25) is 4.79 Å². The third-order valence-electron chi connectivity index (χ3n) is 3.80. The van der Waals surface area contributed by atoms with Crippen LogP contribution in [0.4, 0.5) is 14.5 Å². The Morgan fingerprint density at radius 2 is 1.52 bits per heavy atom. The zero-order chi connectivity index (χ0) is 18.4. The Labute approximate surface area is 146 Å². The molecule has 2 aromatic rings. The van der Waals surface area contributed by atoms with Crippen molar-refractivity contribution in [3.63, 3.8) is 0 Å². The van der Waals surface area contributed by atoms with E-state index in [1.54, 1.807) is 24.1 Å². The molecule has 6 heteroatoms. The van der Waals surface area contributed by atoms with Crippen molar-refractivity contribution < 1.29 is 18.3 Å². The summed E-state index contributed by atoms with van der Waals surface area (Å²) in [5.41, 5.74) is 2.90. The standard InChI is InChI=1S/C19H22F2N2O2/c1-22(2)16-8-4-15(5-9-16)13-23(3)18(24)12-14-6-10-17(11-7-14)25-19(20)21/h4-11,19H,12-13H2,1-3H3. The van der Waals surface area contributed by atoms with Crippen LogP contribution in [0.25, 0.3) is 0 Å². The summed E-state index contributed by atoms with van der Waals surface area (Å²) in [6, 6.07) is 14.1. The van der Waals surface area contributed by atoms with Gasteiger partial charge in [0.05, 0.1) is 6.42 Å². The van der Waals surface area contributed by atoms with E-state index in [2.05, 4.69) is 4.74 Å². The Morgan fingerprint density at radius 3 is 2.04 bits per heavy atom. The monoisotopic (exact) mass is 348 g/mol. The minimum atomic E-state index is -2.85. The van der Waals surface area contributed by atoms with Crippen LogP contribution in [0.1, 0.15) is 11.1 Å². The molecular weight excluding hydrogens is 326 g/mol. The first-order chi connectivity index (χ1) is 11.8. The van der Waals surface area contributed by atoms with Crippen molar-refractivity contribution in [2.24, 2.45) is 0 Å². The number of ether oxygens (including phenoxy) is 1. The molecule has 0 saturated heterocycles. The molecule has 0 bridgehead atoms. The van der Waals surface area contributed by atoms with Crippen LogP contribution in [-0.2, 0) is 17.8 Å². The Hall–Kier alpha value is -2.63. The van der Waals surface area contributed by atoms with Gasteiger partial charge in [-0.1, -0.05) is 24.3 Å². The molecule has 0 fully saturated rings. The van der Waals surface area contributed by atoms with E-state index < -0.39 is 6.61 Å². The molecule has 134 valence electrons. The van der Waals surface area contributed by atoms with Crippen molar-refractivity contribution >= 4 is 11.6 Å². The SMILES string of the molecule is CN(Cc1ccc(N(C)C)cc1)C(=O)Cc1ccc(OC(F)F)cc1. The first-order valence-electron chi connectivity index (χ1n) is 7.89. The highest BCUT2D eigenvalue weighted by Gasteiger charge is 2.11. The third-order valence-corrected chi connectivity index (χ3v) is 3.80. The van der Waals surface area contributed by atoms with Gasteiger partial charge in [-0.25, -0.2) is 0 Å². The molecule has 2 rings (SSSR count). The molecule has 0 N–H and O–H groups in total. The van der Waals surface area contributed by atoms with Crippen molar-refractivity contribution in [3.05, 3.63) is 59.7 Å². The van der Waals surface area contributed by atoms with Gasteiger partial charge < -0.3 is 14.5 Å². The van der Waals surface area contributed by atoms with Crippen molar-refractivity contribution in [2.45, 2.75) is 19.6 Å². The number of alkyl halides is 2. The summed E-state index contributed by atoms with van der Waals surface area (Å²) in [5.74, 6) is 0.0414. The molecule has 0 atom stereocenters. The minimum absolute atomic E-state index is 0.0424. The Bertz CT molecular complexity index is 686. The van der Waals surface area contributed by atoms with Crippen LogP contribution in [0.15, 0.2) is 48.5 Å². The number of likely N-dealkylation sites (N-methyl/N-ethyl adjacent to an activating group) is 1. The first kappa shape index (κ1) is 18.7. The summed E-state index contributed by atoms with van der Waals surface area (Å²) in [6.45, 7) is -2.34. The van der Waals surface area contributed by atoms with Gasteiger partial charge in [0.2, 0.25) is 5.91 Å². The molecule has 0 saturated carbocycles. The molecule has 0 aliphatic rings. The number of carbonyl (C=O) groups excluding carboxylic acids is 1. The molecule has 0 aliphatic carbocycles. The second kappa shape index (κ2) is 8.46. The van der Waals surface area contributed by atoms with E-state index in [0.29, 0.717) is 6.54 Å². The fourth-order valence-electron chi connectivity index (χ4n) is 2.36. The van der Waals surface area contributed by atoms with Crippen LogP contribution in [0, 0.1) is 0 Å². The summed E-state index contributed by atoms with van der Waals surface area (Å²) >= 11 is 0. The van der Waals surface area contributed by atoms with E-state index in [0.717, 1.165) is 16.8 Å². The van der Waals surface area contributed by atoms with Gasteiger partial charge in [0.1, 0.15) is 5.75 Å². The Kier molecular flexibility index (Phi) is 6.33. The van der Waals surface area contributed by atoms with Gasteiger partial charge in [0, 0.05) is 33.4 Å². The molecular formula is C19H22F2N2O2. The van der Waals surface area contributed by atoms with Gasteiger partial charge >= 0.3 is 6.61 Å². The topological polar surface area (TPSA) is 32.8 Å². The van der Waals surface area contributed by atoms with Gasteiger partial charge in [-0.05, 0) is 35.4 Å². The molecule has 1 amide bonds. The lowest BCUT2D eigenvalue weighted by molar-refractivity contribution is -0.129. The number of rotatable bonds is 7. The molecule has 4 nitrogen and oxygen atoms in total. The number of anilines is 1. The van der Waals surface area contributed by atoms with Gasteiger partial charge in [-0.2, -0.15) is 8.78 Å².